The third kappa shape index (κ3) is 5.65. The molecular weight excluding hydrogens is 795 g/mol. The van der Waals surface area contributed by atoms with Gasteiger partial charge in [0.1, 0.15) is 0 Å². The Morgan fingerprint density at radius 2 is 0.697 bits per heavy atom. The molecule has 0 heterocycles. The van der Waals surface area contributed by atoms with E-state index in [1.165, 1.54) is 126 Å². The first kappa shape index (κ1) is 39.2. The molecule has 9 aromatic carbocycles. The van der Waals surface area contributed by atoms with Crippen LogP contribution < -0.4 is 4.90 Å². The lowest BCUT2D eigenvalue weighted by Gasteiger charge is -2.27. The largest absolute Gasteiger partial charge is 0.311 e. The molecule has 0 amide bonds. The molecule has 0 N–H and O–H groups in total. The maximum atomic E-state index is 2.52. The zero-order valence-corrected chi connectivity index (χ0v) is 38.3. The number of nitrogens with zero attached hydrogens (tertiary/aromatic N) is 1. The molecule has 1 fully saturated rings. The van der Waals surface area contributed by atoms with Crippen molar-refractivity contribution in [3.8, 4) is 66.8 Å². The van der Waals surface area contributed by atoms with E-state index in [1.54, 1.807) is 0 Å². The highest BCUT2D eigenvalue weighted by Gasteiger charge is 2.45. The third-order valence-corrected chi connectivity index (χ3v) is 16.2. The molecule has 1 saturated carbocycles. The SMILES string of the molecule is CC1(C)c2ccccc2-c2ccc(-c3ccc(N(c4ccc(-c5ccc6c(c5)C5(CCCC5)c5ccccc5-6)cc4)c4ccc(-c5cccc6c5C(C)(C)c5ccccc5-6)cc4)cc3)cc21. The van der Waals surface area contributed by atoms with Crippen LogP contribution in [-0.4, -0.2) is 0 Å². The average Bonchev–Trinajstić information content (AvgIpc) is 4.09. The van der Waals surface area contributed by atoms with E-state index >= 15 is 0 Å². The summed E-state index contributed by atoms with van der Waals surface area (Å²) in [6, 6.07) is 75.9. The predicted molar refractivity (Wildman–Crippen MR) is 277 cm³/mol. The zero-order chi connectivity index (χ0) is 44.4. The topological polar surface area (TPSA) is 3.24 Å². The Labute approximate surface area is 390 Å². The van der Waals surface area contributed by atoms with Gasteiger partial charge in [0.05, 0.1) is 0 Å². The van der Waals surface area contributed by atoms with E-state index in [0.29, 0.717) is 0 Å². The van der Waals surface area contributed by atoms with E-state index < -0.39 is 0 Å². The molecule has 0 radical (unpaired) electrons. The molecule has 4 aliphatic rings. The fourth-order valence-corrected chi connectivity index (χ4v) is 13.0. The van der Waals surface area contributed by atoms with Crippen LogP contribution in [0.3, 0.4) is 0 Å². The van der Waals surface area contributed by atoms with Crippen LogP contribution in [0.25, 0.3) is 66.8 Å². The van der Waals surface area contributed by atoms with Crippen molar-refractivity contribution >= 4 is 17.1 Å². The minimum Gasteiger partial charge on any atom is -0.311 e. The van der Waals surface area contributed by atoms with Gasteiger partial charge >= 0.3 is 0 Å². The van der Waals surface area contributed by atoms with Crippen molar-refractivity contribution in [2.45, 2.75) is 69.6 Å². The monoisotopic (exact) mass is 847 g/mol. The number of rotatable bonds is 6. The van der Waals surface area contributed by atoms with Gasteiger partial charge in [0, 0.05) is 33.3 Å². The van der Waals surface area contributed by atoms with Crippen LogP contribution in [0.2, 0.25) is 0 Å². The first-order valence-electron chi connectivity index (χ1n) is 24.0. The summed E-state index contributed by atoms with van der Waals surface area (Å²) in [6.45, 7) is 9.47. The Morgan fingerprint density at radius 1 is 0.303 bits per heavy atom. The van der Waals surface area contributed by atoms with Gasteiger partial charge in [-0.3, -0.25) is 0 Å². The van der Waals surface area contributed by atoms with Crippen molar-refractivity contribution in [3.05, 3.63) is 234 Å². The molecule has 318 valence electrons. The van der Waals surface area contributed by atoms with Crippen LogP contribution in [0.15, 0.2) is 200 Å². The third-order valence-electron chi connectivity index (χ3n) is 16.2. The van der Waals surface area contributed by atoms with Crippen LogP contribution in [0.5, 0.6) is 0 Å². The molecule has 0 saturated heterocycles. The molecule has 0 bridgehead atoms. The molecule has 66 heavy (non-hydrogen) atoms. The lowest BCUT2D eigenvalue weighted by atomic mass is 9.76. The Balaban J connectivity index is 0.877. The fourth-order valence-electron chi connectivity index (χ4n) is 13.0. The average molecular weight is 848 g/mol. The van der Waals surface area contributed by atoms with Crippen LogP contribution in [0.1, 0.15) is 86.8 Å². The van der Waals surface area contributed by atoms with Crippen molar-refractivity contribution < 1.29 is 0 Å². The normalized spacial score (nSPS) is 16.0. The molecule has 9 aromatic rings. The number of fused-ring (bicyclic) bond motifs is 11. The molecule has 0 unspecified atom stereocenters. The minimum absolute atomic E-state index is 0.0424. The number of anilines is 3. The number of hydrogen-bond donors (Lipinski definition) is 0. The summed E-state index contributed by atoms with van der Waals surface area (Å²) < 4.78 is 0. The predicted octanol–water partition coefficient (Wildman–Crippen LogP) is 17.6. The van der Waals surface area contributed by atoms with Gasteiger partial charge in [-0.2, -0.15) is 0 Å². The summed E-state index contributed by atoms with van der Waals surface area (Å²) >= 11 is 0. The van der Waals surface area contributed by atoms with Gasteiger partial charge in [0.2, 0.25) is 0 Å². The smallest absolute Gasteiger partial charge is 0.0462 e. The summed E-state index contributed by atoms with van der Waals surface area (Å²) in [5.74, 6) is 0. The number of hydrogen-bond acceptors (Lipinski definition) is 1. The first-order valence-corrected chi connectivity index (χ1v) is 24.0. The van der Waals surface area contributed by atoms with Crippen LogP contribution >= 0.6 is 0 Å². The Hall–Kier alpha value is -7.22. The quantitative estimate of drug-likeness (QED) is 0.161. The van der Waals surface area contributed by atoms with Crippen molar-refractivity contribution in [3.63, 3.8) is 0 Å². The molecule has 1 heteroatoms. The number of benzene rings is 9. The zero-order valence-electron chi connectivity index (χ0n) is 38.3. The van der Waals surface area contributed by atoms with E-state index in [0.717, 1.165) is 17.1 Å². The second kappa shape index (κ2) is 14.4. The standard InChI is InChI=1S/C65H53N/c1-63(2)57-19-8-5-14-51(57)54-36-28-45(40-60(54)63)42-22-30-47(31-23-42)66(49-34-26-44(27-35-49)50-17-13-18-56-53-16-6-9-20-58(53)64(3,4)62(50)56)48-32-24-43(25-33-48)46-29-37-55-52-15-7-10-21-59(52)65(61(55)41-46)38-11-12-39-65/h5-10,13-37,40-41H,11-12,38-39H2,1-4H3. The second-order valence-corrected chi connectivity index (χ2v) is 20.4. The highest BCUT2D eigenvalue weighted by molar-refractivity contribution is 5.90. The van der Waals surface area contributed by atoms with Crippen LogP contribution in [0, 0.1) is 0 Å². The molecule has 1 spiro atoms. The van der Waals surface area contributed by atoms with E-state index in [9.17, 15) is 0 Å². The first-order chi connectivity index (χ1) is 32.2. The summed E-state index contributed by atoms with van der Waals surface area (Å²) in [5, 5.41) is 0. The van der Waals surface area contributed by atoms with Gasteiger partial charge < -0.3 is 4.90 Å². The Morgan fingerprint density at radius 3 is 1.27 bits per heavy atom. The van der Waals surface area contributed by atoms with Crippen molar-refractivity contribution in [2.75, 3.05) is 4.90 Å². The minimum atomic E-state index is -0.0875. The molecule has 1 nitrogen and oxygen atoms in total. The lowest BCUT2D eigenvalue weighted by Crippen LogP contribution is -2.20. The molecule has 0 aliphatic heterocycles. The van der Waals surface area contributed by atoms with Gasteiger partial charge in [0.15, 0.2) is 0 Å². The van der Waals surface area contributed by atoms with E-state index in [-0.39, 0.29) is 16.2 Å². The van der Waals surface area contributed by atoms with Gasteiger partial charge in [-0.05, 0) is 162 Å². The molecule has 0 aromatic heterocycles. The lowest BCUT2D eigenvalue weighted by molar-refractivity contribution is 0.550. The van der Waals surface area contributed by atoms with Gasteiger partial charge in [-0.1, -0.05) is 192 Å². The van der Waals surface area contributed by atoms with Crippen LogP contribution in [0.4, 0.5) is 17.1 Å². The molecule has 13 rings (SSSR count). The maximum Gasteiger partial charge on any atom is 0.0462 e. The van der Waals surface area contributed by atoms with E-state index in [1.807, 2.05) is 0 Å². The summed E-state index contributed by atoms with van der Waals surface area (Å²) in [5.41, 5.74) is 27.9. The van der Waals surface area contributed by atoms with Crippen molar-refractivity contribution in [2.24, 2.45) is 0 Å². The van der Waals surface area contributed by atoms with Gasteiger partial charge in [0.25, 0.3) is 0 Å². The van der Waals surface area contributed by atoms with Crippen LogP contribution in [-0.2, 0) is 16.2 Å². The van der Waals surface area contributed by atoms with Crippen molar-refractivity contribution in [1.29, 1.82) is 0 Å². The molecule has 0 atom stereocenters. The maximum absolute atomic E-state index is 2.52. The van der Waals surface area contributed by atoms with Gasteiger partial charge in [-0.25, -0.2) is 0 Å². The van der Waals surface area contributed by atoms with E-state index in [2.05, 4.69) is 233 Å². The second-order valence-electron chi connectivity index (χ2n) is 20.4. The molecular formula is C65H53N. The Kier molecular flexibility index (Phi) is 8.54. The van der Waals surface area contributed by atoms with E-state index in [4.69, 9.17) is 0 Å². The highest BCUT2D eigenvalue weighted by Crippen LogP contribution is 2.58. The summed E-state index contributed by atoms with van der Waals surface area (Å²) in [4.78, 5) is 2.42. The van der Waals surface area contributed by atoms with Gasteiger partial charge in [-0.15, -0.1) is 0 Å². The highest BCUT2D eigenvalue weighted by atomic mass is 15.1. The Bertz CT molecular complexity index is 3390. The summed E-state index contributed by atoms with van der Waals surface area (Å²) in [6.07, 6.45) is 5.07. The fraction of sp³-hybridized carbons (Fsp3) is 0.169. The molecule has 4 aliphatic carbocycles. The van der Waals surface area contributed by atoms with Crippen molar-refractivity contribution in [1.82, 2.24) is 0 Å². The summed E-state index contributed by atoms with van der Waals surface area (Å²) in [7, 11) is 0.